The van der Waals surface area contributed by atoms with Crippen LogP contribution in [0.3, 0.4) is 0 Å². The maximum absolute atomic E-state index is 5.82. The molecule has 0 bridgehead atoms. The second kappa shape index (κ2) is 4.98. The van der Waals surface area contributed by atoms with E-state index in [1.165, 1.54) is 0 Å². The number of nitrogen functional groups attached to an aromatic ring is 1. The molecule has 0 spiro atoms. The average Bonchev–Trinajstić information content (AvgIpc) is 2.76. The minimum atomic E-state index is 0.0920. The third kappa shape index (κ3) is 3.01. The van der Waals surface area contributed by atoms with Crippen molar-refractivity contribution in [3.8, 4) is 5.75 Å². The lowest BCUT2D eigenvalue weighted by Crippen LogP contribution is -2.10. The molecular formula is C14H18N2OS. The van der Waals surface area contributed by atoms with E-state index in [2.05, 4.69) is 25.8 Å². The molecule has 1 heterocycles. The number of benzene rings is 1. The summed E-state index contributed by atoms with van der Waals surface area (Å²) in [5.74, 6) is 0.711. The fraction of sp³-hybridized carbons (Fsp3) is 0.357. The number of hydrogen-bond donors (Lipinski definition) is 1. The van der Waals surface area contributed by atoms with Crippen LogP contribution in [0.1, 0.15) is 31.5 Å². The molecule has 3 nitrogen and oxygen atoms in total. The average molecular weight is 262 g/mol. The highest BCUT2D eigenvalue weighted by molar-refractivity contribution is 7.09. The fourth-order valence-electron chi connectivity index (χ4n) is 1.48. The van der Waals surface area contributed by atoms with Crippen molar-refractivity contribution in [2.75, 3.05) is 5.73 Å². The molecule has 18 heavy (non-hydrogen) atoms. The van der Waals surface area contributed by atoms with Crippen LogP contribution < -0.4 is 10.5 Å². The molecule has 2 N–H and O–H groups in total. The zero-order valence-corrected chi connectivity index (χ0v) is 11.8. The van der Waals surface area contributed by atoms with Crippen LogP contribution in [0.15, 0.2) is 29.6 Å². The molecule has 0 aliphatic heterocycles. The zero-order chi connectivity index (χ0) is 13.2. The van der Waals surface area contributed by atoms with Crippen molar-refractivity contribution in [2.24, 2.45) is 0 Å². The maximum Gasteiger partial charge on any atom is 0.142 e. The summed E-state index contributed by atoms with van der Waals surface area (Å²) in [4.78, 5) is 4.58. The number of hydrogen-bond acceptors (Lipinski definition) is 4. The Labute approximate surface area is 112 Å². The second-order valence-electron chi connectivity index (χ2n) is 5.22. The van der Waals surface area contributed by atoms with Gasteiger partial charge in [0.05, 0.1) is 16.4 Å². The van der Waals surface area contributed by atoms with Gasteiger partial charge >= 0.3 is 0 Å². The van der Waals surface area contributed by atoms with Crippen molar-refractivity contribution in [1.82, 2.24) is 4.98 Å². The smallest absolute Gasteiger partial charge is 0.142 e. The Morgan fingerprint density at radius 3 is 2.61 bits per heavy atom. The van der Waals surface area contributed by atoms with Gasteiger partial charge in [-0.1, -0.05) is 32.9 Å². The Balaban J connectivity index is 2.03. The number of rotatable bonds is 3. The van der Waals surface area contributed by atoms with Gasteiger partial charge < -0.3 is 10.5 Å². The van der Waals surface area contributed by atoms with Gasteiger partial charge in [0, 0.05) is 10.8 Å². The third-order valence-electron chi connectivity index (χ3n) is 2.49. The van der Waals surface area contributed by atoms with Gasteiger partial charge in [0.1, 0.15) is 12.4 Å². The molecule has 2 rings (SSSR count). The predicted molar refractivity (Wildman–Crippen MR) is 76.0 cm³/mol. The van der Waals surface area contributed by atoms with Crippen LogP contribution in [0.2, 0.25) is 0 Å². The first-order valence-electron chi connectivity index (χ1n) is 5.89. The van der Waals surface area contributed by atoms with E-state index in [1.807, 2.05) is 29.6 Å². The second-order valence-corrected chi connectivity index (χ2v) is 6.08. The lowest BCUT2D eigenvalue weighted by molar-refractivity contribution is 0.303. The quantitative estimate of drug-likeness (QED) is 0.860. The summed E-state index contributed by atoms with van der Waals surface area (Å²) in [5, 5.41) is 3.17. The van der Waals surface area contributed by atoms with Gasteiger partial charge in [-0.2, -0.15) is 0 Å². The van der Waals surface area contributed by atoms with Gasteiger partial charge in [0.15, 0.2) is 0 Å². The molecule has 0 radical (unpaired) electrons. The lowest BCUT2D eigenvalue weighted by atomic mass is 9.98. The molecule has 0 unspecified atom stereocenters. The number of nitrogens with zero attached hydrogens (tertiary/aromatic N) is 1. The molecule has 0 aliphatic carbocycles. The van der Waals surface area contributed by atoms with Crippen molar-refractivity contribution >= 4 is 17.0 Å². The van der Waals surface area contributed by atoms with Crippen molar-refractivity contribution in [1.29, 1.82) is 0 Å². The van der Waals surface area contributed by atoms with E-state index in [0.29, 0.717) is 18.0 Å². The first-order chi connectivity index (χ1) is 8.47. The summed E-state index contributed by atoms with van der Waals surface area (Å²) in [5.41, 5.74) is 7.52. The first kappa shape index (κ1) is 12.9. The van der Waals surface area contributed by atoms with Gasteiger partial charge in [-0.3, -0.25) is 0 Å². The molecule has 0 aliphatic rings. The molecule has 1 aromatic heterocycles. The van der Waals surface area contributed by atoms with Gasteiger partial charge in [-0.15, -0.1) is 11.3 Å². The van der Waals surface area contributed by atoms with Crippen LogP contribution in [0.4, 0.5) is 5.69 Å². The molecule has 0 atom stereocenters. The van der Waals surface area contributed by atoms with E-state index in [9.17, 15) is 0 Å². The van der Waals surface area contributed by atoms with E-state index in [0.717, 1.165) is 10.7 Å². The molecular weight excluding hydrogens is 244 g/mol. The fourth-order valence-corrected chi connectivity index (χ4v) is 2.37. The predicted octanol–water partition coefficient (Wildman–Crippen LogP) is 3.60. The Morgan fingerprint density at radius 2 is 2.00 bits per heavy atom. The summed E-state index contributed by atoms with van der Waals surface area (Å²) in [6, 6.07) is 7.50. The third-order valence-corrected chi connectivity index (χ3v) is 3.80. The number of para-hydroxylation sites is 2. The maximum atomic E-state index is 5.82. The number of anilines is 1. The summed E-state index contributed by atoms with van der Waals surface area (Å²) < 4.78 is 5.67. The highest BCUT2D eigenvalue weighted by atomic mass is 32.1. The summed E-state index contributed by atoms with van der Waals surface area (Å²) in [6.07, 6.45) is 0. The van der Waals surface area contributed by atoms with Crippen LogP contribution in [-0.2, 0) is 12.0 Å². The minimum Gasteiger partial charge on any atom is -0.485 e. The molecule has 4 heteroatoms. The largest absolute Gasteiger partial charge is 0.485 e. The molecule has 0 saturated heterocycles. The van der Waals surface area contributed by atoms with E-state index in [-0.39, 0.29) is 5.41 Å². The normalized spacial score (nSPS) is 11.5. The van der Waals surface area contributed by atoms with E-state index >= 15 is 0 Å². The zero-order valence-electron chi connectivity index (χ0n) is 10.9. The highest BCUT2D eigenvalue weighted by Gasteiger charge is 2.18. The monoisotopic (exact) mass is 262 g/mol. The molecule has 0 fully saturated rings. The van der Waals surface area contributed by atoms with Crippen LogP contribution in [0.5, 0.6) is 5.75 Å². The highest BCUT2D eigenvalue weighted by Crippen LogP contribution is 2.26. The Bertz CT molecular complexity index is 529. The van der Waals surface area contributed by atoms with Crippen molar-refractivity contribution in [2.45, 2.75) is 32.8 Å². The lowest BCUT2D eigenvalue weighted by Gasteiger charge is -2.13. The van der Waals surface area contributed by atoms with Crippen molar-refractivity contribution in [3.63, 3.8) is 0 Å². The Hall–Kier alpha value is -1.55. The Morgan fingerprint density at radius 1 is 1.28 bits per heavy atom. The van der Waals surface area contributed by atoms with Crippen LogP contribution in [0, 0.1) is 0 Å². The molecule has 0 saturated carbocycles. The van der Waals surface area contributed by atoms with Crippen LogP contribution >= 0.6 is 11.3 Å². The van der Waals surface area contributed by atoms with Crippen LogP contribution in [0.25, 0.3) is 0 Å². The van der Waals surface area contributed by atoms with Crippen molar-refractivity contribution < 1.29 is 4.74 Å². The summed E-state index contributed by atoms with van der Waals surface area (Å²) >= 11 is 1.67. The number of thiazole rings is 1. The first-order valence-corrected chi connectivity index (χ1v) is 6.77. The summed E-state index contributed by atoms with van der Waals surface area (Å²) in [6.45, 7) is 6.93. The minimum absolute atomic E-state index is 0.0920. The SMILES string of the molecule is CC(C)(C)c1nc(COc2ccccc2N)cs1. The number of ether oxygens (including phenoxy) is 1. The van der Waals surface area contributed by atoms with Crippen molar-refractivity contribution in [3.05, 3.63) is 40.3 Å². The van der Waals surface area contributed by atoms with Gasteiger partial charge in [-0.05, 0) is 12.1 Å². The molecule has 96 valence electrons. The molecule has 2 aromatic rings. The number of aromatic nitrogens is 1. The van der Waals surface area contributed by atoms with Gasteiger partial charge in [0.25, 0.3) is 0 Å². The molecule has 0 amide bonds. The summed E-state index contributed by atoms with van der Waals surface area (Å²) in [7, 11) is 0. The standard InChI is InChI=1S/C14H18N2OS/c1-14(2,3)13-16-10(9-18-13)8-17-12-7-5-4-6-11(12)15/h4-7,9H,8,15H2,1-3H3. The van der Waals surface area contributed by atoms with Gasteiger partial charge in [-0.25, -0.2) is 4.98 Å². The van der Waals surface area contributed by atoms with E-state index in [1.54, 1.807) is 11.3 Å². The van der Waals surface area contributed by atoms with E-state index in [4.69, 9.17) is 10.5 Å². The van der Waals surface area contributed by atoms with Crippen LogP contribution in [-0.4, -0.2) is 4.98 Å². The Kier molecular flexibility index (Phi) is 3.57. The van der Waals surface area contributed by atoms with Gasteiger partial charge in [0.2, 0.25) is 0 Å². The number of nitrogens with two attached hydrogens (primary N) is 1. The molecule has 1 aromatic carbocycles. The topological polar surface area (TPSA) is 48.1 Å². The van der Waals surface area contributed by atoms with E-state index < -0.39 is 0 Å².